The molecule has 1 aliphatic heterocycles. The number of aromatic amines is 1. The fourth-order valence-corrected chi connectivity index (χ4v) is 4.20. The predicted molar refractivity (Wildman–Crippen MR) is 123 cm³/mol. The summed E-state index contributed by atoms with van der Waals surface area (Å²) < 4.78 is 19.3. The number of rotatable bonds is 7. The van der Waals surface area contributed by atoms with Gasteiger partial charge in [0.05, 0.1) is 24.9 Å². The third-order valence-corrected chi connectivity index (χ3v) is 5.75. The van der Waals surface area contributed by atoms with E-state index in [1.54, 1.807) is 20.8 Å². The molecule has 1 saturated heterocycles. The smallest absolute Gasteiger partial charge is 0.407 e. The summed E-state index contributed by atoms with van der Waals surface area (Å²) in [6.07, 6.45) is 2.33. The van der Waals surface area contributed by atoms with E-state index in [2.05, 4.69) is 20.3 Å². The molecule has 3 aromatic rings. The summed E-state index contributed by atoms with van der Waals surface area (Å²) >= 11 is 0. The number of aromatic nitrogens is 4. The van der Waals surface area contributed by atoms with E-state index < -0.39 is 23.6 Å². The summed E-state index contributed by atoms with van der Waals surface area (Å²) in [7, 11) is 0. The van der Waals surface area contributed by atoms with Crippen molar-refractivity contribution >= 4 is 23.1 Å². The van der Waals surface area contributed by atoms with E-state index in [0.717, 1.165) is 19.0 Å². The third-order valence-electron chi connectivity index (χ3n) is 5.75. The van der Waals surface area contributed by atoms with Crippen molar-refractivity contribution < 1.29 is 24.1 Å². The molecule has 0 aliphatic carbocycles. The van der Waals surface area contributed by atoms with Crippen LogP contribution in [0.2, 0.25) is 0 Å². The SMILES string of the molecule is C[C@H](CO)NC(=O)OC(C)(C)Cc1nc2ccc(N3CCCC3c3cc(F)cnc3O)nc2[nH]1. The second kappa shape index (κ2) is 9.41. The van der Waals surface area contributed by atoms with Gasteiger partial charge in [0.2, 0.25) is 5.88 Å². The maximum Gasteiger partial charge on any atom is 0.407 e. The molecular formula is C23H29FN6O4. The first kappa shape index (κ1) is 23.7. The van der Waals surface area contributed by atoms with Crippen molar-refractivity contribution in [1.82, 2.24) is 25.3 Å². The molecule has 1 amide bonds. The fourth-order valence-electron chi connectivity index (χ4n) is 4.20. The Morgan fingerprint density at radius 1 is 1.41 bits per heavy atom. The number of amides is 1. The van der Waals surface area contributed by atoms with Gasteiger partial charge in [-0.3, -0.25) is 0 Å². The molecule has 182 valence electrons. The van der Waals surface area contributed by atoms with Crippen LogP contribution < -0.4 is 10.2 Å². The standard InChI is InChI=1S/C23H29FN6O4/c1-13(12-31)26-22(33)34-23(2,3)10-18-27-16-6-7-19(29-20(16)28-18)30-8-4-5-17(30)15-9-14(24)11-25-21(15)32/h6-7,9,11,13,17,31H,4-5,8,10,12H2,1-3H3,(H,25,32)(H,26,33)(H,27,28,29)/t13-,17?/m1/s1. The minimum atomic E-state index is -0.849. The van der Waals surface area contributed by atoms with Crippen molar-refractivity contribution in [3.63, 3.8) is 0 Å². The van der Waals surface area contributed by atoms with Crippen LogP contribution in [0.15, 0.2) is 24.4 Å². The number of carbonyl (C=O) groups is 1. The highest BCUT2D eigenvalue weighted by Crippen LogP contribution is 2.38. The van der Waals surface area contributed by atoms with Crippen LogP contribution in [0.25, 0.3) is 11.2 Å². The van der Waals surface area contributed by atoms with Crippen LogP contribution in [-0.2, 0) is 11.2 Å². The Labute approximate surface area is 196 Å². The van der Waals surface area contributed by atoms with Crippen molar-refractivity contribution in [3.05, 3.63) is 41.6 Å². The zero-order valence-corrected chi connectivity index (χ0v) is 19.4. The molecule has 0 spiro atoms. The summed E-state index contributed by atoms with van der Waals surface area (Å²) in [4.78, 5) is 30.3. The van der Waals surface area contributed by atoms with Crippen molar-refractivity contribution in [2.24, 2.45) is 0 Å². The van der Waals surface area contributed by atoms with Crippen molar-refractivity contribution in [1.29, 1.82) is 0 Å². The van der Waals surface area contributed by atoms with E-state index in [1.165, 1.54) is 6.07 Å². The molecule has 3 aromatic heterocycles. The van der Waals surface area contributed by atoms with Crippen LogP contribution in [0.3, 0.4) is 0 Å². The molecule has 0 bridgehead atoms. The van der Waals surface area contributed by atoms with Gasteiger partial charge in [-0.05, 0) is 51.8 Å². The Bertz CT molecular complexity index is 1180. The molecule has 2 atom stereocenters. The molecule has 4 heterocycles. The molecule has 1 fully saturated rings. The first-order chi connectivity index (χ1) is 16.1. The molecule has 0 saturated carbocycles. The summed E-state index contributed by atoms with van der Waals surface area (Å²) in [6, 6.07) is 4.37. The van der Waals surface area contributed by atoms with E-state index in [9.17, 15) is 14.3 Å². The second-order valence-corrected chi connectivity index (χ2v) is 9.19. The van der Waals surface area contributed by atoms with Crippen LogP contribution in [0, 0.1) is 5.82 Å². The number of imidazole rings is 1. The first-order valence-electron chi connectivity index (χ1n) is 11.2. The Kier molecular flexibility index (Phi) is 6.56. The van der Waals surface area contributed by atoms with Gasteiger partial charge in [-0.25, -0.2) is 24.1 Å². The number of anilines is 1. The fraction of sp³-hybridized carbons (Fsp3) is 0.478. The number of halogens is 1. The van der Waals surface area contributed by atoms with E-state index >= 15 is 0 Å². The van der Waals surface area contributed by atoms with E-state index in [-0.39, 0.29) is 18.5 Å². The summed E-state index contributed by atoms with van der Waals surface area (Å²) in [5.41, 5.74) is 0.836. The maximum atomic E-state index is 13.8. The Morgan fingerprint density at radius 2 is 2.21 bits per heavy atom. The number of fused-ring (bicyclic) bond motifs is 1. The lowest BCUT2D eigenvalue weighted by atomic mass is 10.1. The largest absolute Gasteiger partial charge is 0.493 e. The summed E-state index contributed by atoms with van der Waals surface area (Å²) in [5, 5.41) is 21.8. The number of pyridine rings is 2. The molecule has 1 aliphatic rings. The third kappa shape index (κ3) is 5.19. The van der Waals surface area contributed by atoms with Crippen molar-refractivity contribution in [2.75, 3.05) is 18.1 Å². The van der Waals surface area contributed by atoms with Crippen LogP contribution in [0.4, 0.5) is 15.0 Å². The number of aliphatic hydroxyl groups excluding tert-OH is 1. The zero-order chi connectivity index (χ0) is 24.5. The molecule has 1 unspecified atom stereocenters. The van der Waals surface area contributed by atoms with Gasteiger partial charge in [0.25, 0.3) is 0 Å². The number of hydrogen-bond acceptors (Lipinski definition) is 8. The number of H-pyrrole nitrogens is 1. The van der Waals surface area contributed by atoms with Crippen LogP contribution >= 0.6 is 0 Å². The van der Waals surface area contributed by atoms with Crippen molar-refractivity contribution in [3.8, 4) is 5.88 Å². The number of carbonyl (C=O) groups excluding carboxylic acids is 1. The number of aliphatic hydroxyl groups is 1. The van der Waals surface area contributed by atoms with Gasteiger partial charge in [-0.1, -0.05) is 0 Å². The van der Waals surface area contributed by atoms with Crippen LogP contribution in [-0.4, -0.2) is 61.0 Å². The minimum absolute atomic E-state index is 0.178. The average molecular weight is 473 g/mol. The second-order valence-electron chi connectivity index (χ2n) is 9.19. The van der Waals surface area contributed by atoms with Gasteiger partial charge in [0, 0.05) is 18.5 Å². The summed E-state index contributed by atoms with van der Waals surface area (Å²) in [5.74, 6) is 0.618. The molecule has 4 rings (SSSR count). The minimum Gasteiger partial charge on any atom is -0.493 e. The average Bonchev–Trinajstić information content (AvgIpc) is 3.40. The van der Waals surface area contributed by atoms with Gasteiger partial charge in [-0.15, -0.1) is 0 Å². The van der Waals surface area contributed by atoms with Gasteiger partial charge in [0.15, 0.2) is 5.65 Å². The number of aromatic hydroxyl groups is 1. The number of hydrogen-bond donors (Lipinski definition) is 4. The monoisotopic (exact) mass is 472 g/mol. The molecular weight excluding hydrogens is 443 g/mol. The lowest BCUT2D eigenvalue weighted by molar-refractivity contribution is 0.0349. The number of alkyl carbamates (subject to hydrolysis) is 1. The maximum absolute atomic E-state index is 13.8. The number of ether oxygens (including phenoxy) is 1. The van der Waals surface area contributed by atoms with Crippen molar-refractivity contribution in [2.45, 2.75) is 57.7 Å². The number of nitrogens with zero attached hydrogens (tertiary/aromatic N) is 4. The highest BCUT2D eigenvalue weighted by atomic mass is 19.1. The molecule has 10 nitrogen and oxygen atoms in total. The van der Waals surface area contributed by atoms with Crippen LogP contribution in [0.1, 0.15) is 51.0 Å². The Morgan fingerprint density at radius 3 is 2.97 bits per heavy atom. The van der Waals surface area contributed by atoms with E-state index in [0.29, 0.717) is 41.3 Å². The topological polar surface area (TPSA) is 136 Å². The Hall–Kier alpha value is -3.47. The van der Waals surface area contributed by atoms with Gasteiger partial charge < -0.3 is 30.2 Å². The molecule has 4 N–H and O–H groups in total. The summed E-state index contributed by atoms with van der Waals surface area (Å²) in [6.45, 7) is 5.75. The lowest BCUT2D eigenvalue weighted by Gasteiger charge is -2.26. The van der Waals surface area contributed by atoms with Crippen LogP contribution in [0.5, 0.6) is 5.88 Å². The normalized spacial score (nSPS) is 17.2. The van der Waals surface area contributed by atoms with E-state index in [4.69, 9.17) is 14.8 Å². The highest BCUT2D eigenvalue weighted by Gasteiger charge is 2.31. The Balaban J connectivity index is 1.52. The van der Waals surface area contributed by atoms with E-state index in [1.807, 2.05) is 17.0 Å². The van der Waals surface area contributed by atoms with Gasteiger partial charge >= 0.3 is 6.09 Å². The quantitative estimate of drug-likeness (QED) is 0.412. The molecule has 11 heteroatoms. The zero-order valence-electron chi connectivity index (χ0n) is 19.4. The van der Waals surface area contributed by atoms with Gasteiger partial charge in [-0.2, -0.15) is 0 Å². The molecule has 0 radical (unpaired) electrons. The highest BCUT2D eigenvalue weighted by molar-refractivity contribution is 5.73. The predicted octanol–water partition coefficient (Wildman–Crippen LogP) is 2.97. The number of nitrogens with one attached hydrogen (secondary N) is 2. The molecule has 34 heavy (non-hydrogen) atoms. The first-order valence-corrected chi connectivity index (χ1v) is 11.2. The van der Waals surface area contributed by atoms with Gasteiger partial charge in [0.1, 0.15) is 28.6 Å². The molecule has 0 aromatic carbocycles. The lowest BCUT2D eigenvalue weighted by Crippen LogP contribution is -2.41.